The highest BCUT2D eigenvalue weighted by atomic mass is 32.1. The van der Waals surface area contributed by atoms with E-state index < -0.39 is 5.60 Å². The topological polar surface area (TPSA) is 58.6 Å². The Morgan fingerprint density at radius 3 is 2.86 bits per heavy atom. The van der Waals surface area contributed by atoms with Gasteiger partial charge in [0.15, 0.2) is 5.78 Å². The Morgan fingerprint density at radius 1 is 1.45 bits per heavy atom. The monoisotopic (exact) mass is 324 g/mol. The Labute approximate surface area is 135 Å². The molecule has 2 rings (SSSR count). The van der Waals surface area contributed by atoms with Gasteiger partial charge in [0.25, 0.3) is 0 Å². The SMILES string of the molecule is CC(C)(C)OC(=O)NCC1CCN(CC(=O)c2cccs2)C1. The third-order valence-electron chi connectivity index (χ3n) is 3.47. The summed E-state index contributed by atoms with van der Waals surface area (Å²) in [6.45, 7) is 8.34. The molecule has 1 fully saturated rings. The zero-order valence-corrected chi connectivity index (χ0v) is 14.2. The third-order valence-corrected chi connectivity index (χ3v) is 4.38. The van der Waals surface area contributed by atoms with E-state index in [4.69, 9.17) is 4.74 Å². The highest BCUT2D eigenvalue weighted by molar-refractivity contribution is 7.12. The van der Waals surface area contributed by atoms with E-state index >= 15 is 0 Å². The number of Topliss-reactive ketones (excluding diaryl/α,β-unsaturated/α-hetero) is 1. The normalized spacial score (nSPS) is 19.1. The minimum Gasteiger partial charge on any atom is -0.444 e. The number of carbonyl (C=O) groups is 2. The maximum absolute atomic E-state index is 12.1. The fourth-order valence-corrected chi connectivity index (χ4v) is 3.14. The molecule has 1 atom stereocenters. The van der Waals surface area contributed by atoms with Gasteiger partial charge in [-0.15, -0.1) is 11.3 Å². The van der Waals surface area contributed by atoms with Gasteiger partial charge in [-0.05, 0) is 51.1 Å². The van der Waals surface area contributed by atoms with Crippen LogP contribution >= 0.6 is 11.3 Å². The molecule has 0 aliphatic carbocycles. The lowest BCUT2D eigenvalue weighted by Crippen LogP contribution is -2.36. The first-order chi connectivity index (χ1) is 10.3. The Morgan fingerprint density at radius 2 is 2.23 bits per heavy atom. The van der Waals surface area contributed by atoms with Crippen LogP contribution < -0.4 is 5.32 Å². The zero-order chi connectivity index (χ0) is 16.2. The number of thiophene rings is 1. The molecule has 5 nitrogen and oxygen atoms in total. The van der Waals surface area contributed by atoms with Crippen LogP contribution in [0.25, 0.3) is 0 Å². The number of likely N-dealkylation sites (tertiary alicyclic amines) is 1. The summed E-state index contributed by atoms with van der Waals surface area (Å²) in [7, 11) is 0. The van der Waals surface area contributed by atoms with Crippen molar-refractivity contribution in [3.05, 3.63) is 22.4 Å². The fraction of sp³-hybridized carbons (Fsp3) is 0.625. The summed E-state index contributed by atoms with van der Waals surface area (Å²) < 4.78 is 5.22. The molecule has 0 aromatic carbocycles. The molecule has 2 heterocycles. The van der Waals surface area contributed by atoms with Crippen LogP contribution in [-0.2, 0) is 4.74 Å². The molecule has 1 aliphatic heterocycles. The van der Waals surface area contributed by atoms with E-state index in [0.29, 0.717) is 19.0 Å². The molecule has 1 N–H and O–H groups in total. The average Bonchev–Trinajstić information content (AvgIpc) is 3.05. The second-order valence-electron chi connectivity index (χ2n) is 6.67. The minimum atomic E-state index is -0.473. The molecule has 0 radical (unpaired) electrons. The van der Waals surface area contributed by atoms with E-state index in [0.717, 1.165) is 24.4 Å². The van der Waals surface area contributed by atoms with Crippen molar-refractivity contribution in [2.45, 2.75) is 32.8 Å². The number of hydrogen-bond donors (Lipinski definition) is 1. The highest BCUT2D eigenvalue weighted by Crippen LogP contribution is 2.17. The molecule has 1 aliphatic rings. The smallest absolute Gasteiger partial charge is 0.407 e. The Balaban J connectivity index is 1.69. The van der Waals surface area contributed by atoms with E-state index in [-0.39, 0.29) is 11.9 Å². The first kappa shape index (κ1) is 17.0. The molecule has 0 spiro atoms. The van der Waals surface area contributed by atoms with Gasteiger partial charge in [-0.1, -0.05) is 6.07 Å². The number of ether oxygens (including phenoxy) is 1. The number of rotatable bonds is 5. The number of nitrogens with one attached hydrogen (secondary N) is 1. The summed E-state index contributed by atoms with van der Waals surface area (Å²) in [6, 6.07) is 3.76. The minimum absolute atomic E-state index is 0.177. The van der Waals surface area contributed by atoms with Gasteiger partial charge in [-0.25, -0.2) is 4.79 Å². The number of nitrogens with zero attached hydrogens (tertiary/aromatic N) is 1. The van der Waals surface area contributed by atoms with E-state index in [1.54, 1.807) is 0 Å². The highest BCUT2D eigenvalue weighted by Gasteiger charge is 2.25. The van der Waals surface area contributed by atoms with E-state index in [9.17, 15) is 9.59 Å². The molecular formula is C16H24N2O3S. The summed E-state index contributed by atoms with van der Waals surface area (Å²) in [6.07, 6.45) is 0.619. The molecule has 0 saturated carbocycles. The second-order valence-corrected chi connectivity index (χ2v) is 7.62. The molecule has 22 heavy (non-hydrogen) atoms. The van der Waals surface area contributed by atoms with E-state index in [1.165, 1.54) is 11.3 Å². The summed E-state index contributed by atoms with van der Waals surface area (Å²) >= 11 is 1.48. The predicted octanol–water partition coefficient (Wildman–Crippen LogP) is 2.78. The summed E-state index contributed by atoms with van der Waals surface area (Å²) in [5, 5.41) is 4.73. The van der Waals surface area contributed by atoms with E-state index in [1.807, 2.05) is 38.3 Å². The van der Waals surface area contributed by atoms with Gasteiger partial charge in [0.1, 0.15) is 5.60 Å². The van der Waals surface area contributed by atoms with Crippen molar-refractivity contribution in [3.63, 3.8) is 0 Å². The van der Waals surface area contributed by atoms with Gasteiger partial charge >= 0.3 is 6.09 Å². The van der Waals surface area contributed by atoms with Crippen LogP contribution in [0.1, 0.15) is 36.9 Å². The van der Waals surface area contributed by atoms with E-state index in [2.05, 4.69) is 10.2 Å². The van der Waals surface area contributed by atoms with Crippen LogP contribution in [-0.4, -0.2) is 48.6 Å². The van der Waals surface area contributed by atoms with Gasteiger partial charge in [0, 0.05) is 13.1 Å². The Kier molecular flexibility index (Phi) is 5.58. The van der Waals surface area contributed by atoms with Gasteiger partial charge in [-0.2, -0.15) is 0 Å². The number of alkyl carbamates (subject to hydrolysis) is 1. The Hall–Kier alpha value is -1.40. The first-order valence-electron chi connectivity index (χ1n) is 7.59. The first-order valence-corrected chi connectivity index (χ1v) is 8.47. The Bertz CT molecular complexity index is 508. The van der Waals surface area contributed by atoms with Gasteiger partial charge in [0.05, 0.1) is 11.4 Å². The number of carbonyl (C=O) groups excluding carboxylic acids is 2. The van der Waals surface area contributed by atoms with Crippen LogP contribution in [0.2, 0.25) is 0 Å². The standard InChI is InChI=1S/C16H24N2O3S/c1-16(2,3)21-15(20)17-9-12-6-7-18(10-12)11-13(19)14-5-4-8-22-14/h4-5,8,12H,6-7,9-11H2,1-3H3,(H,17,20). The molecule has 122 valence electrons. The summed E-state index contributed by atoms with van der Waals surface area (Å²) in [5.74, 6) is 0.555. The van der Waals surface area contributed by atoms with Crippen molar-refractivity contribution in [3.8, 4) is 0 Å². The molecule has 1 aromatic rings. The fourth-order valence-electron chi connectivity index (χ4n) is 2.48. The van der Waals surface area contributed by atoms with Gasteiger partial charge in [-0.3, -0.25) is 9.69 Å². The predicted molar refractivity (Wildman–Crippen MR) is 87.4 cm³/mol. The maximum atomic E-state index is 12.1. The third kappa shape index (κ3) is 5.42. The maximum Gasteiger partial charge on any atom is 0.407 e. The molecular weight excluding hydrogens is 300 g/mol. The summed E-state index contributed by atoms with van der Waals surface area (Å²) in [4.78, 5) is 26.7. The quantitative estimate of drug-likeness (QED) is 0.846. The average molecular weight is 324 g/mol. The van der Waals surface area contributed by atoms with Crippen LogP contribution in [0, 0.1) is 5.92 Å². The number of amides is 1. The van der Waals surface area contributed by atoms with Crippen LogP contribution in [0.15, 0.2) is 17.5 Å². The number of hydrogen-bond acceptors (Lipinski definition) is 5. The van der Waals surface area contributed by atoms with Gasteiger partial charge < -0.3 is 10.1 Å². The molecule has 1 aromatic heterocycles. The lowest BCUT2D eigenvalue weighted by atomic mass is 10.1. The molecule has 6 heteroatoms. The lowest BCUT2D eigenvalue weighted by molar-refractivity contribution is 0.0519. The molecule has 1 amide bonds. The zero-order valence-electron chi connectivity index (χ0n) is 13.4. The number of ketones is 1. The van der Waals surface area contributed by atoms with Crippen molar-refractivity contribution in [1.82, 2.24) is 10.2 Å². The van der Waals surface area contributed by atoms with Crippen molar-refractivity contribution >= 4 is 23.2 Å². The van der Waals surface area contributed by atoms with Crippen molar-refractivity contribution in [1.29, 1.82) is 0 Å². The molecule has 0 bridgehead atoms. The van der Waals surface area contributed by atoms with Crippen LogP contribution in [0.5, 0.6) is 0 Å². The van der Waals surface area contributed by atoms with Gasteiger partial charge in [0.2, 0.25) is 0 Å². The largest absolute Gasteiger partial charge is 0.444 e. The van der Waals surface area contributed by atoms with Crippen LogP contribution in [0.3, 0.4) is 0 Å². The van der Waals surface area contributed by atoms with Crippen LogP contribution in [0.4, 0.5) is 4.79 Å². The lowest BCUT2D eigenvalue weighted by Gasteiger charge is -2.20. The van der Waals surface area contributed by atoms with Crippen molar-refractivity contribution in [2.75, 3.05) is 26.2 Å². The second kappa shape index (κ2) is 7.24. The summed E-state index contributed by atoms with van der Waals surface area (Å²) in [5.41, 5.74) is -0.473. The van der Waals surface area contributed by atoms with Crippen molar-refractivity contribution < 1.29 is 14.3 Å². The molecule has 1 unspecified atom stereocenters. The van der Waals surface area contributed by atoms with Crippen molar-refractivity contribution in [2.24, 2.45) is 5.92 Å². The molecule has 1 saturated heterocycles.